The van der Waals surface area contributed by atoms with Crippen molar-refractivity contribution < 1.29 is 13.5 Å². The molecule has 0 radical (unpaired) electrons. The van der Waals surface area contributed by atoms with Gasteiger partial charge in [-0.1, -0.05) is 17.7 Å². The average molecular weight is 471 g/mol. The molecular formula is C21H13ClF2N6OS. The predicted molar refractivity (Wildman–Crippen MR) is 117 cm³/mol. The second-order valence-electron chi connectivity index (χ2n) is 7.58. The van der Waals surface area contributed by atoms with Gasteiger partial charge in [0.15, 0.2) is 5.82 Å². The number of aromatic nitrogens is 3. The third-order valence-corrected chi connectivity index (χ3v) is 7.22. The van der Waals surface area contributed by atoms with Gasteiger partial charge in [-0.05, 0) is 17.7 Å². The maximum atomic E-state index is 15.6. The van der Waals surface area contributed by atoms with Crippen LogP contribution in [-0.4, -0.2) is 27.9 Å². The first-order chi connectivity index (χ1) is 15.5. The minimum atomic E-state index is -0.649. The number of benzene rings is 2. The van der Waals surface area contributed by atoms with Gasteiger partial charge in [0.2, 0.25) is 0 Å². The van der Waals surface area contributed by atoms with Gasteiger partial charge < -0.3 is 20.4 Å². The highest BCUT2D eigenvalue weighted by atomic mass is 35.5. The van der Waals surface area contributed by atoms with Crippen molar-refractivity contribution in [2.24, 2.45) is 0 Å². The van der Waals surface area contributed by atoms with E-state index in [-0.39, 0.29) is 55.2 Å². The normalized spacial score (nSPS) is 16.8. The number of thiophene rings is 1. The summed E-state index contributed by atoms with van der Waals surface area (Å²) in [5.41, 5.74) is 6.70. The second kappa shape index (κ2) is 6.87. The minimum absolute atomic E-state index is 0.0162. The predicted octanol–water partition coefficient (Wildman–Crippen LogP) is 4.25. The number of ether oxygens (including phenoxy) is 1. The van der Waals surface area contributed by atoms with E-state index in [9.17, 15) is 9.65 Å². The van der Waals surface area contributed by atoms with Gasteiger partial charge in [-0.2, -0.15) is 5.26 Å². The first-order valence-electron chi connectivity index (χ1n) is 9.70. The standard InChI is InChI=1S/C21H13ClF2N6OS/c22-17-16(9-1-2-12(23)19-15(9)11(4-25)20(26)32-19)13(24)3-10-18(17)31-7-8-5-27-6-14-28-29-21(10)30(8)14/h1-3,8,27H,5-7,26H2. The summed E-state index contributed by atoms with van der Waals surface area (Å²) in [7, 11) is 0. The molecule has 0 saturated carbocycles. The summed E-state index contributed by atoms with van der Waals surface area (Å²) in [6.07, 6.45) is 0. The molecule has 2 aromatic carbocycles. The van der Waals surface area contributed by atoms with E-state index in [2.05, 4.69) is 15.5 Å². The van der Waals surface area contributed by atoms with E-state index in [1.165, 1.54) is 18.2 Å². The fourth-order valence-electron chi connectivity index (χ4n) is 4.43. The number of halogens is 3. The maximum absolute atomic E-state index is 15.6. The molecule has 2 aliphatic heterocycles. The zero-order chi connectivity index (χ0) is 22.1. The molecule has 0 aliphatic carbocycles. The molecule has 0 amide bonds. The van der Waals surface area contributed by atoms with Gasteiger partial charge in [0, 0.05) is 17.5 Å². The Morgan fingerprint density at radius 2 is 2.12 bits per heavy atom. The molecule has 4 aromatic rings. The molecule has 0 saturated heterocycles. The summed E-state index contributed by atoms with van der Waals surface area (Å²) in [6, 6.07) is 5.84. The molecule has 7 nitrogen and oxygen atoms in total. The largest absolute Gasteiger partial charge is 0.489 e. The van der Waals surface area contributed by atoms with Crippen LogP contribution in [0.25, 0.3) is 32.6 Å². The smallest absolute Gasteiger partial charge is 0.168 e. The highest BCUT2D eigenvalue weighted by molar-refractivity contribution is 7.23. The Hall–Kier alpha value is -3.26. The van der Waals surface area contributed by atoms with Crippen LogP contribution < -0.4 is 15.8 Å². The lowest BCUT2D eigenvalue weighted by Gasteiger charge is -2.24. The highest BCUT2D eigenvalue weighted by Crippen LogP contribution is 2.49. The van der Waals surface area contributed by atoms with E-state index in [1.54, 1.807) is 0 Å². The number of nitrogens with one attached hydrogen (secondary N) is 1. The quantitative estimate of drug-likeness (QED) is 0.431. The van der Waals surface area contributed by atoms with E-state index >= 15 is 4.39 Å². The van der Waals surface area contributed by atoms with Gasteiger partial charge >= 0.3 is 0 Å². The number of nitrogens with zero attached hydrogens (tertiary/aromatic N) is 4. The molecule has 0 spiro atoms. The van der Waals surface area contributed by atoms with Gasteiger partial charge in [-0.25, -0.2) is 8.78 Å². The lowest BCUT2D eigenvalue weighted by atomic mass is 9.96. The third kappa shape index (κ3) is 2.53. The highest BCUT2D eigenvalue weighted by Gasteiger charge is 2.33. The molecule has 2 aromatic heterocycles. The van der Waals surface area contributed by atoms with Crippen LogP contribution >= 0.6 is 22.9 Å². The monoisotopic (exact) mass is 470 g/mol. The van der Waals surface area contributed by atoms with Crippen molar-refractivity contribution >= 4 is 38.0 Å². The molecule has 0 fully saturated rings. The Bertz CT molecular complexity index is 1490. The Kier molecular flexibility index (Phi) is 4.17. The SMILES string of the molecule is N#Cc1c(N)sc2c(F)ccc(-c3c(F)cc4c(c3Cl)OCC3CNCc5nnc-4n53)c12. The number of anilines is 1. The fourth-order valence-corrected chi connectivity index (χ4v) is 5.73. The number of nitriles is 1. The number of hydrogen-bond donors (Lipinski definition) is 2. The van der Waals surface area contributed by atoms with Gasteiger partial charge in [-0.3, -0.25) is 0 Å². The lowest BCUT2D eigenvalue weighted by Crippen LogP contribution is -2.35. The molecular weight excluding hydrogens is 458 g/mol. The topological polar surface area (TPSA) is 102 Å². The van der Waals surface area contributed by atoms with E-state index in [0.717, 1.165) is 17.2 Å². The Balaban J connectivity index is 1.64. The molecule has 160 valence electrons. The van der Waals surface area contributed by atoms with Crippen molar-refractivity contribution in [2.75, 3.05) is 18.9 Å². The van der Waals surface area contributed by atoms with Crippen molar-refractivity contribution in [3.8, 4) is 34.3 Å². The molecule has 32 heavy (non-hydrogen) atoms. The summed E-state index contributed by atoms with van der Waals surface area (Å²) in [4.78, 5) is 0. The molecule has 4 heterocycles. The Morgan fingerprint density at radius 3 is 2.94 bits per heavy atom. The number of fused-ring (bicyclic) bond motifs is 3. The molecule has 1 unspecified atom stereocenters. The molecule has 3 N–H and O–H groups in total. The van der Waals surface area contributed by atoms with Crippen molar-refractivity contribution in [2.45, 2.75) is 12.6 Å². The van der Waals surface area contributed by atoms with Crippen LogP contribution in [0.15, 0.2) is 18.2 Å². The zero-order valence-electron chi connectivity index (χ0n) is 16.2. The second-order valence-corrected chi connectivity index (χ2v) is 9.01. The zero-order valence-corrected chi connectivity index (χ0v) is 17.8. The van der Waals surface area contributed by atoms with Gasteiger partial charge in [-0.15, -0.1) is 21.5 Å². The third-order valence-electron chi connectivity index (χ3n) is 5.83. The van der Waals surface area contributed by atoms with Crippen LogP contribution in [0.4, 0.5) is 13.8 Å². The van der Waals surface area contributed by atoms with Crippen molar-refractivity contribution in [1.82, 2.24) is 20.1 Å². The molecule has 11 heteroatoms. The van der Waals surface area contributed by atoms with E-state index in [0.29, 0.717) is 24.5 Å². The molecule has 0 bridgehead atoms. The van der Waals surface area contributed by atoms with Gasteiger partial charge in [0.25, 0.3) is 0 Å². The van der Waals surface area contributed by atoms with Crippen LogP contribution in [0, 0.1) is 23.0 Å². The average Bonchev–Trinajstić information content (AvgIpc) is 3.31. The lowest BCUT2D eigenvalue weighted by molar-refractivity contribution is 0.238. The number of nitrogen functional groups attached to an aromatic ring is 1. The van der Waals surface area contributed by atoms with Crippen molar-refractivity contribution in [3.05, 3.63) is 46.2 Å². The Morgan fingerprint density at radius 1 is 1.28 bits per heavy atom. The number of hydrogen-bond acceptors (Lipinski definition) is 7. The van der Waals surface area contributed by atoms with E-state index in [1.807, 2.05) is 10.6 Å². The van der Waals surface area contributed by atoms with Crippen molar-refractivity contribution in [3.63, 3.8) is 0 Å². The Labute approximate surface area is 189 Å². The van der Waals surface area contributed by atoms with Crippen LogP contribution in [0.1, 0.15) is 17.4 Å². The van der Waals surface area contributed by atoms with Crippen LogP contribution in [0.3, 0.4) is 0 Å². The van der Waals surface area contributed by atoms with Gasteiger partial charge in [0.05, 0.1) is 33.4 Å². The first-order valence-corrected chi connectivity index (χ1v) is 10.9. The van der Waals surface area contributed by atoms with Crippen LogP contribution in [0.5, 0.6) is 5.75 Å². The van der Waals surface area contributed by atoms with Crippen LogP contribution in [-0.2, 0) is 6.54 Å². The van der Waals surface area contributed by atoms with Crippen molar-refractivity contribution in [1.29, 1.82) is 5.26 Å². The molecule has 2 aliphatic rings. The summed E-state index contributed by atoms with van der Waals surface area (Å²) in [6.45, 7) is 1.49. The van der Waals surface area contributed by atoms with E-state index < -0.39 is 11.6 Å². The van der Waals surface area contributed by atoms with Crippen LogP contribution in [0.2, 0.25) is 5.02 Å². The van der Waals surface area contributed by atoms with E-state index in [4.69, 9.17) is 22.1 Å². The summed E-state index contributed by atoms with van der Waals surface area (Å²) in [5, 5.41) is 21.7. The maximum Gasteiger partial charge on any atom is 0.168 e. The fraction of sp³-hybridized carbons (Fsp3) is 0.190. The summed E-state index contributed by atoms with van der Waals surface area (Å²) in [5.74, 6) is 0.295. The first kappa shape index (κ1) is 19.4. The molecule has 6 rings (SSSR count). The summed E-state index contributed by atoms with van der Waals surface area (Å²) < 4.78 is 38.2. The minimum Gasteiger partial charge on any atom is -0.489 e. The van der Waals surface area contributed by atoms with Gasteiger partial charge in [0.1, 0.15) is 40.9 Å². The molecule has 1 atom stereocenters. The summed E-state index contributed by atoms with van der Waals surface area (Å²) >= 11 is 7.66. The number of rotatable bonds is 1. The number of nitrogens with two attached hydrogens (primary N) is 1.